The van der Waals surface area contributed by atoms with Crippen molar-refractivity contribution in [2.75, 3.05) is 31.1 Å². The van der Waals surface area contributed by atoms with Crippen LogP contribution in [0.1, 0.15) is 24.2 Å². The molecule has 4 nitrogen and oxygen atoms in total. The Hall–Kier alpha value is -1.18. The van der Waals surface area contributed by atoms with Crippen LogP contribution >= 0.6 is 51.3 Å². The second-order valence-electron chi connectivity index (χ2n) is 6.10. The van der Waals surface area contributed by atoms with Crippen LogP contribution in [0.2, 0.25) is 5.02 Å². The Balaban J connectivity index is 0.00000280. The molecule has 0 atom stereocenters. The highest BCUT2D eigenvalue weighted by atomic mass is 79.9. The predicted octanol–water partition coefficient (Wildman–Crippen LogP) is 6.12. The second kappa shape index (κ2) is 10.6. The summed E-state index contributed by atoms with van der Waals surface area (Å²) in [4.78, 5) is 22.0. The minimum absolute atomic E-state index is 0. The average molecular weight is 503 g/mol. The lowest BCUT2D eigenvalue weighted by Gasteiger charge is -2.24. The van der Waals surface area contributed by atoms with Crippen molar-refractivity contribution in [2.24, 2.45) is 0 Å². The summed E-state index contributed by atoms with van der Waals surface area (Å²) < 4.78 is 1.86. The average Bonchev–Trinajstić information content (AvgIpc) is 3.07. The Morgan fingerprint density at radius 2 is 1.89 bits per heavy atom. The molecule has 1 heterocycles. The van der Waals surface area contributed by atoms with Gasteiger partial charge < -0.3 is 4.90 Å². The number of fused-ring (bicyclic) bond motifs is 1. The van der Waals surface area contributed by atoms with Crippen molar-refractivity contribution < 1.29 is 4.79 Å². The number of amides is 1. The van der Waals surface area contributed by atoms with Crippen LogP contribution in [0.25, 0.3) is 10.2 Å². The Kier molecular flexibility index (Phi) is 8.71. The third-order valence-corrected chi connectivity index (χ3v) is 6.19. The van der Waals surface area contributed by atoms with E-state index >= 15 is 0 Å². The number of hydrogen-bond acceptors (Lipinski definition) is 4. The summed E-state index contributed by atoms with van der Waals surface area (Å²) in [6.45, 7) is 7.53. The largest absolute Gasteiger partial charge is 0.302 e. The van der Waals surface area contributed by atoms with Crippen molar-refractivity contribution in [1.82, 2.24) is 9.88 Å². The zero-order valence-corrected chi connectivity index (χ0v) is 19.7. The lowest BCUT2D eigenvalue weighted by atomic mass is 10.2. The first-order valence-electron chi connectivity index (χ1n) is 8.87. The molecule has 0 bridgehead atoms. The molecule has 0 saturated carbocycles. The summed E-state index contributed by atoms with van der Waals surface area (Å²) in [5.41, 5.74) is 1.50. The fourth-order valence-corrected chi connectivity index (χ4v) is 4.51. The summed E-state index contributed by atoms with van der Waals surface area (Å²) >= 11 is 11.1. The fourth-order valence-electron chi connectivity index (χ4n) is 2.84. The predicted molar refractivity (Wildman–Crippen MR) is 125 cm³/mol. The molecular formula is C20H22BrCl2N3OS. The van der Waals surface area contributed by atoms with Gasteiger partial charge in [0.05, 0.1) is 10.2 Å². The topological polar surface area (TPSA) is 36.4 Å². The number of thiazole rings is 1. The van der Waals surface area contributed by atoms with Crippen molar-refractivity contribution in [2.45, 2.75) is 13.8 Å². The summed E-state index contributed by atoms with van der Waals surface area (Å²) in [6, 6.07) is 13.1. The molecule has 8 heteroatoms. The highest BCUT2D eigenvalue weighted by molar-refractivity contribution is 9.10. The van der Waals surface area contributed by atoms with Crippen LogP contribution in [0.5, 0.6) is 0 Å². The van der Waals surface area contributed by atoms with E-state index in [9.17, 15) is 4.79 Å². The van der Waals surface area contributed by atoms with Gasteiger partial charge in [0.2, 0.25) is 0 Å². The molecule has 0 fully saturated rings. The molecule has 0 saturated heterocycles. The Bertz CT molecular complexity index is 946. The van der Waals surface area contributed by atoms with Gasteiger partial charge in [-0.2, -0.15) is 0 Å². The van der Waals surface area contributed by atoms with Gasteiger partial charge in [-0.15, -0.1) is 12.4 Å². The van der Waals surface area contributed by atoms with Gasteiger partial charge in [0.25, 0.3) is 5.91 Å². The van der Waals surface area contributed by atoms with Gasteiger partial charge in [0.15, 0.2) is 5.13 Å². The first-order chi connectivity index (χ1) is 13.0. The summed E-state index contributed by atoms with van der Waals surface area (Å²) in [5, 5.41) is 1.37. The molecule has 0 aliphatic carbocycles. The zero-order chi connectivity index (χ0) is 19.4. The van der Waals surface area contributed by atoms with E-state index in [1.54, 1.807) is 4.90 Å². The van der Waals surface area contributed by atoms with Crippen molar-refractivity contribution in [3.05, 3.63) is 57.5 Å². The Morgan fingerprint density at radius 3 is 2.57 bits per heavy atom. The van der Waals surface area contributed by atoms with Gasteiger partial charge in [-0.1, -0.05) is 58.8 Å². The highest BCUT2D eigenvalue weighted by Crippen LogP contribution is 2.31. The first-order valence-corrected chi connectivity index (χ1v) is 10.9. The zero-order valence-electron chi connectivity index (χ0n) is 15.7. The molecular weight excluding hydrogens is 481 g/mol. The number of nitrogens with zero attached hydrogens (tertiary/aromatic N) is 3. The molecule has 0 N–H and O–H groups in total. The van der Waals surface area contributed by atoms with Crippen molar-refractivity contribution in [1.29, 1.82) is 0 Å². The normalized spacial score (nSPS) is 10.9. The van der Waals surface area contributed by atoms with Crippen LogP contribution in [0.3, 0.4) is 0 Å². The number of carbonyl (C=O) groups is 1. The number of hydrogen-bond donors (Lipinski definition) is 0. The highest BCUT2D eigenvalue weighted by Gasteiger charge is 2.22. The van der Waals surface area contributed by atoms with Gasteiger partial charge in [0, 0.05) is 28.1 Å². The van der Waals surface area contributed by atoms with Gasteiger partial charge in [0.1, 0.15) is 0 Å². The monoisotopic (exact) mass is 501 g/mol. The molecule has 0 unspecified atom stereocenters. The molecule has 1 amide bonds. The van der Waals surface area contributed by atoms with E-state index in [0.29, 0.717) is 22.3 Å². The molecule has 3 aromatic rings. The number of halogens is 3. The minimum atomic E-state index is -0.0476. The summed E-state index contributed by atoms with van der Waals surface area (Å²) in [7, 11) is 0. The standard InChI is InChI=1S/C20H21BrClN3OS.ClH/c1-3-24(4-2)10-11-25(19(26)14-6-5-7-15(21)12-14)20-23-17-9-8-16(22)13-18(17)27-20;/h5-9,12-13H,3-4,10-11H2,1-2H3;1H. The van der Waals surface area contributed by atoms with Crippen molar-refractivity contribution >= 4 is 72.5 Å². The number of carbonyl (C=O) groups excluding carboxylic acids is 1. The molecule has 0 spiro atoms. The van der Waals surface area contributed by atoms with Crippen LogP contribution < -0.4 is 4.90 Å². The van der Waals surface area contributed by atoms with Crippen LogP contribution in [0.15, 0.2) is 46.9 Å². The Morgan fingerprint density at radius 1 is 1.14 bits per heavy atom. The molecule has 0 radical (unpaired) electrons. The number of benzene rings is 2. The molecule has 150 valence electrons. The van der Waals surface area contributed by atoms with E-state index in [1.807, 2.05) is 42.5 Å². The van der Waals surface area contributed by atoms with E-state index in [4.69, 9.17) is 11.6 Å². The van der Waals surface area contributed by atoms with Crippen molar-refractivity contribution in [3.8, 4) is 0 Å². The van der Waals surface area contributed by atoms with Gasteiger partial charge >= 0.3 is 0 Å². The maximum absolute atomic E-state index is 13.3. The maximum Gasteiger partial charge on any atom is 0.260 e. The van der Waals surface area contributed by atoms with E-state index in [-0.39, 0.29) is 18.3 Å². The number of rotatable bonds is 7. The van der Waals surface area contributed by atoms with Crippen molar-refractivity contribution in [3.63, 3.8) is 0 Å². The van der Waals surface area contributed by atoms with Gasteiger partial charge in [-0.05, 0) is 49.5 Å². The Labute approximate surface area is 189 Å². The van der Waals surface area contributed by atoms with Crippen LogP contribution in [-0.4, -0.2) is 42.0 Å². The lowest BCUT2D eigenvalue weighted by molar-refractivity contribution is 0.0983. The van der Waals surface area contributed by atoms with Gasteiger partial charge in [-0.25, -0.2) is 4.98 Å². The molecule has 28 heavy (non-hydrogen) atoms. The van der Waals surface area contributed by atoms with E-state index in [1.165, 1.54) is 11.3 Å². The second-order valence-corrected chi connectivity index (χ2v) is 8.46. The van der Waals surface area contributed by atoms with E-state index in [2.05, 4.69) is 39.7 Å². The first kappa shape index (κ1) is 23.1. The quantitative estimate of drug-likeness (QED) is 0.390. The molecule has 1 aromatic heterocycles. The number of aromatic nitrogens is 1. The van der Waals surface area contributed by atoms with E-state index < -0.39 is 0 Å². The van der Waals surface area contributed by atoms with Crippen LogP contribution in [-0.2, 0) is 0 Å². The molecule has 0 aliphatic heterocycles. The maximum atomic E-state index is 13.3. The third-order valence-electron chi connectivity index (χ3n) is 4.42. The molecule has 2 aromatic carbocycles. The smallest absolute Gasteiger partial charge is 0.260 e. The number of likely N-dealkylation sites (N-methyl/N-ethyl adjacent to an activating group) is 1. The van der Waals surface area contributed by atoms with Crippen LogP contribution in [0, 0.1) is 0 Å². The van der Waals surface area contributed by atoms with Gasteiger partial charge in [-0.3, -0.25) is 9.69 Å². The molecule has 0 aliphatic rings. The summed E-state index contributed by atoms with van der Waals surface area (Å²) in [5.74, 6) is -0.0476. The van der Waals surface area contributed by atoms with Crippen LogP contribution in [0.4, 0.5) is 5.13 Å². The third kappa shape index (κ3) is 5.45. The molecule has 3 rings (SSSR count). The fraction of sp³-hybridized carbons (Fsp3) is 0.300. The lowest BCUT2D eigenvalue weighted by Crippen LogP contribution is -2.38. The number of anilines is 1. The summed E-state index contributed by atoms with van der Waals surface area (Å²) in [6.07, 6.45) is 0. The SMILES string of the molecule is CCN(CC)CCN(C(=O)c1cccc(Br)c1)c1nc2ccc(Cl)cc2s1.Cl. The van der Waals surface area contributed by atoms with E-state index in [0.717, 1.165) is 34.3 Å². The minimum Gasteiger partial charge on any atom is -0.302 e.